The summed E-state index contributed by atoms with van der Waals surface area (Å²) in [5, 5.41) is 3.81. The first-order chi connectivity index (χ1) is 11.8. The maximum Gasteiger partial charge on any atom is 0.223 e. The van der Waals surface area contributed by atoms with Crippen molar-refractivity contribution in [1.82, 2.24) is 10.1 Å². The van der Waals surface area contributed by atoms with E-state index in [1.165, 1.54) is 12.3 Å². The molecule has 1 atom stereocenters. The number of aromatic nitrogens is 2. The van der Waals surface area contributed by atoms with Crippen molar-refractivity contribution >= 4 is 15.4 Å². The van der Waals surface area contributed by atoms with Gasteiger partial charge in [-0.05, 0) is 36.4 Å². The Hall–Kier alpha value is -2.61. The first-order valence-corrected chi connectivity index (χ1v) is 9.47. The van der Waals surface area contributed by atoms with Crippen molar-refractivity contribution in [3.8, 4) is 11.4 Å². The molecule has 8 heteroatoms. The highest BCUT2D eigenvalue weighted by molar-refractivity contribution is 7.92. The molecule has 1 heterocycles. The van der Waals surface area contributed by atoms with E-state index in [0.29, 0.717) is 17.4 Å². The van der Waals surface area contributed by atoms with Crippen LogP contribution < -0.4 is 0 Å². The smallest absolute Gasteiger partial charge is 0.223 e. The molecule has 0 aliphatic carbocycles. The Labute approximate surface area is 143 Å². The summed E-state index contributed by atoms with van der Waals surface area (Å²) in [4.78, 5) is 4.11. The molecule has 3 aromatic rings. The molecule has 130 valence electrons. The number of halogens is 2. The quantitative estimate of drug-likeness (QED) is 0.695. The molecule has 0 fully saturated rings. The van der Waals surface area contributed by atoms with Crippen LogP contribution in [0.15, 0.2) is 51.4 Å². The molecule has 0 aliphatic heterocycles. The van der Waals surface area contributed by atoms with Crippen molar-refractivity contribution in [2.45, 2.75) is 12.7 Å². The summed E-state index contributed by atoms with van der Waals surface area (Å²) < 4.78 is 49.2. The van der Waals surface area contributed by atoms with Crippen LogP contribution in [0.3, 0.4) is 0 Å². The van der Waals surface area contributed by atoms with Crippen molar-refractivity contribution in [3.05, 3.63) is 65.6 Å². The van der Waals surface area contributed by atoms with Gasteiger partial charge in [0.15, 0.2) is 0 Å². The minimum Gasteiger partial charge on any atom is -0.339 e. The van der Waals surface area contributed by atoms with Crippen molar-refractivity contribution < 1.29 is 17.5 Å². The predicted octanol–water partition coefficient (Wildman–Crippen LogP) is 4.25. The lowest BCUT2D eigenvalue weighted by atomic mass is 10.2. The molecule has 0 radical (unpaired) electrons. The van der Waals surface area contributed by atoms with Crippen molar-refractivity contribution in [3.63, 3.8) is 0 Å². The van der Waals surface area contributed by atoms with E-state index in [9.17, 15) is 13.0 Å². The molecule has 3 rings (SSSR count). The molecule has 0 aliphatic rings. The first kappa shape index (κ1) is 17.2. The highest BCUT2D eigenvalue weighted by Gasteiger charge is 2.14. The Bertz CT molecular complexity index is 1000. The third-order valence-electron chi connectivity index (χ3n) is 3.43. The maximum absolute atomic E-state index is 13.7. The summed E-state index contributed by atoms with van der Waals surface area (Å²) in [6.45, 7) is 1.69. The topological polar surface area (TPSA) is 68.3 Å². The Balaban J connectivity index is 1.87. The van der Waals surface area contributed by atoms with Gasteiger partial charge in [0.1, 0.15) is 11.6 Å². The fourth-order valence-electron chi connectivity index (χ4n) is 2.28. The lowest BCUT2D eigenvalue weighted by Gasteiger charge is -2.07. The van der Waals surface area contributed by atoms with E-state index in [-0.39, 0.29) is 11.3 Å². The minimum atomic E-state index is -2.86. The lowest BCUT2D eigenvalue weighted by molar-refractivity contribution is 0.394. The molecular formula is C17H15F2N3O2S. The van der Waals surface area contributed by atoms with Gasteiger partial charge >= 0.3 is 0 Å². The molecule has 0 saturated heterocycles. The normalized spacial score (nSPS) is 13.4. The van der Waals surface area contributed by atoms with Crippen molar-refractivity contribution in [2.75, 3.05) is 6.26 Å². The zero-order chi connectivity index (χ0) is 18.0. The number of hydrogen-bond acceptors (Lipinski definition) is 5. The average molecular weight is 363 g/mol. The fraction of sp³-hybridized carbons (Fsp3) is 0.176. The Morgan fingerprint density at radius 1 is 1.12 bits per heavy atom. The Morgan fingerprint density at radius 3 is 2.32 bits per heavy atom. The lowest BCUT2D eigenvalue weighted by Crippen LogP contribution is -2.05. The number of rotatable bonds is 4. The Morgan fingerprint density at radius 2 is 1.76 bits per heavy atom. The van der Waals surface area contributed by atoms with E-state index < -0.39 is 21.4 Å². The summed E-state index contributed by atoms with van der Waals surface area (Å²) >= 11 is 0. The zero-order valence-corrected chi connectivity index (χ0v) is 14.4. The van der Waals surface area contributed by atoms with E-state index in [0.717, 1.165) is 17.7 Å². The molecule has 5 nitrogen and oxygen atoms in total. The van der Waals surface area contributed by atoms with Crippen molar-refractivity contribution in [1.29, 1.82) is 0 Å². The zero-order valence-electron chi connectivity index (χ0n) is 13.6. The van der Waals surface area contributed by atoms with Crippen LogP contribution in [0.1, 0.15) is 11.5 Å². The Kier molecular flexibility index (Phi) is 4.63. The number of aryl methyl sites for hydroxylation is 1. The van der Waals surface area contributed by atoms with Gasteiger partial charge in [-0.2, -0.15) is 9.35 Å². The van der Waals surface area contributed by atoms with Crippen LogP contribution >= 0.6 is 0 Å². The molecule has 0 bridgehead atoms. The number of hydrogen-bond donors (Lipinski definition) is 0. The molecule has 1 aromatic heterocycles. The van der Waals surface area contributed by atoms with E-state index >= 15 is 0 Å². The van der Waals surface area contributed by atoms with Gasteiger partial charge in [0.25, 0.3) is 0 Å². The minimum absolute atomic E-state index is 0.224. The maximum atomic E-state index is 13.7. The second-order valence-corrected chi connectivity index (χ2v) is 7.97. The van der Waals surface area contributed by atoms with Crippen molar-refractivity contribution in [2.24, 2.45) is 4.36 Å². The number of benzene rings is 2. The van der Waals surface area contributed by atoms with E-state index in [2.05, 4.69) is 14.5 Å². The van der Waals surface area contributed by atoms with Gasteiger partial charge in [-0.25, -0.2) is 13.0 Å². The number of nitrogens with zero attached hydrogens (tertiary/aromatic N) is 3. The monoisotopic (exact) mass is 363 g/mol. The van der Waals surface area contributed by atoms with Gasteiger partial charge in [-0.1, -0.05) is 11.2 Å². The van der Waals surface area contributed by atoms with Crippen LogP contribution in [0.2, 0.25) is 0 Å². The summed E-state index contributed by atoms with van der Waals surface area (Å²) in [6, 6.07) is 10.2. The fourth-order valence-corrected chi connectivity index (χ4v) is 3.72. The predicted molar refractivity (Wildman–Crippen MR) is 90.7 cm³/mol. The highest BCUT2D eigenvalue weighted by Crippen LogP contribution is 2.23. The molecule has 0 amide bonds. The summed E-state index contributed by atoms with van der Waals surface area (Å²) in [7, 11) is -2.86. The van der Waals surface area contributed by atoms with E-state index in [1.807, 2.05) is 0 Å². The van der Waals surface area contributed by atoms with Crippen LogP contribution in [-0.2, 0) is 15.5 Å². The average Bonchev–Trinajstić information content (AvgIpc) is 2.98. The van der Waals surface area contributed by atoms with Crippen LogP contribution in [0, 0.1) is 18.6 Å². The van der Waals surface area contributed by atoms with Gasteiger partial charge in [-0.3, -0.25) is 0 Å². The molecule has 25 heavy (non-hydrogen) atoms. The third kappa shape index (κ3) is 4.08. The van der Waals surface area contributed by atoms with Gasteiger partial charge in [0, 0.05) is 24.3 Å². The van der Waals surface area contributed by atoms with Crippen LogP contribution in [0.25, 0.3) is 11.4 Å². The van der Waals surface area contributed by atoms with Gasteiger partial charge in [0.05, 0.1) is 21.2 Å². The molecule has 0 N–H and O–H groups in total. The second kappa shape index (κ2) is 6.72. The van der Waals surface area contributed by atoms with E-state index in [4.69, 9.17) is 4.52 Å². The largest absolute Gasteiger partial charge is 0.339 e. The van der Waals surface area contributed by atoms with Gasteiger partial charge < -0.3 is 4.52 Å². The second-order valence-electron chi connectivity index (χ2n) is 5.58. The van der Waals surface area contributed by atoms with Gasteiger partial charge in [-0.15, -0.1) is 0 Å². The third-order valence-corrected chi connectivity index (χ3v) is 4.85. The van der Waals surface area contributed by atoms with Crippen LogP contribution in [0.5, 0.6) is 0 Å². The first-order valence-electron chi connectivity index (χ1n) is 7.37. The van der Waals surface area contributed by atoms with Crippen LogP contribution in [0.4, 0.5) is 14.5 Å². The molecule has 0 saturated carbocycles. The highest BCUT2D eigenvalue weighted by atomic mass is 32.2. The summed E-state index contributed by atoms with van der Waals surface area (Å²) in [5.41, 5.74) is 0.935. The summed E-state index contributed by atoms with van der Waals surface area (Å²) in [5.74, 6) is -0.876. The van der Waals surface area contributed by atoms with E-state index in [1.54, 1.807) is 31.2 Å². The van der Waals surface area contributed by atoms with Gasteiger partial charge in [0.2, 0.25) is 11.7 Å². The molecule has 2 aromatic carbocycles. The molecule has 1 unspecified atom stereocenters. The summed E-state index contributed by atoms with van der Waals surface area (Å²) in [6.07, 6.45) is 1.37. The standard InChI is InChI=1S/C17H15F2N3O2S/c1-11-20-17(21-24-11)12-6-8-13(9-7-12)22-25(2,23)10-14-15(18)4-3-5-16(14)19/h3-9H,10H2,1-2H3. The molecule has 0 spiro atoms. The van der Waals surface area contributed by atoms with Crippen LogP contribution in [-0.4, -0.2) is 20.6 Å². The molecular weight excluding hydrogens is 348 g/mol. The SMILES string of the molecule is Cc1nc(-c2ccc(N=S(C)(=O)Cc3c(F)cccc3F)cc2)no1.